The normalized spacial score (nSPS) is 10.1. The number of halogens is 1. The minimum atomic E-state index is 0.994. The van der Waals surface area contributed by atoms with Crippen molar-refractivity contribution in [3.8, 4) is 0 Å². The van der Waals surface area contributed by atoms with E-state index >= 15 is 0 Å². The maximum atomic E-state index is 4.46. The molecule has 0 saturated heterocycles. The lowest BCUT2D eigenvalue weighted by molar-refractivity contribution is 0.946. The van der Waals surface area contributed by atoms with Crippen LogP contribution in [0.4, 0.5) is 0 Å². The summed E-state index contributed by atoms with van der Waals surface area (Å²) in [6.45, 7) is 4.24. The van der Waals surface area contributed by atoms with Crippen LogP contribution in [0.25, 0.3) is 0 Å². The fourth-order valence-electron chi connectivity index (χ4n) is 0.974. The third kappa shape index (κ3) is 2.03. The predicted molar refractivity (Wildman–Crippen MR) is 50.7 cm³/mol. The van der Waals surface area contributed by atoms with Crippen LogP contribution in [0.15, 0.2) is 16.6 Å². The van der Waals surface area contributed by atoms with Crippen molar-refractivity contribution in [3.63, 3.8) is 0 Å². The highest BCUT2D eigenvalue weighted by molar-refractivity contribution is 9.10. The Balaban J connectivity index is 3.02. The van der Waals surface area contributed by atoms with Gasteiger partial charge in [0.25, 0.3) is 0 Å². The average molecular weight is 214 g/mol. The molecule has 0 atom stereocenters. The minimum Gasteiger partial charge on any atom is -0.257 e. The van der Waals surface area contributed by atoms with E-state index in [4.69, 9.17) is 0 Å². The van der Waals surface area contributed by atoms with Crippen LogP contribution in [-0.4, -0.2) is 4.98 Å². The monoisotopic (exact) mass is 213 g/mol. The highest BCUT2D eigenvalue weighted by Crippen LogP contribution is 2.15. The molecule has 1 aromatic rings. The van der Waals surface area contributed by atoms with Gasteiger partial charge in [0.05, 0.1) is 5.69 Å². The van der Waals surface area contributed by atoms with Crippen molar-refractivity contribution in [2.45, 2.75) is 26.7 Å². The zero-order valence-electron chi connectivity index (χ0n) is 6.89. The quantitative estimate of drug-likeness (QED) is 0.737. The van der Waals surface area contributed by atoms with Crippen LogP contribution < -0.4 is 0 Å². The molecular formula is C9H12BrN. The fraction of sp³-hybridized carbons (Fsp3) is 0.444. The molecule has 0 fully saturated rings. The topological polar surface area (TPSA) is 12.9 Å². The molecule has 0 spiro atoms. The molecule has 1 nitrogen and oxygen atoms in total. The van der Waals surface area contributed by atoms with Crippen molar-refractivity contribution < 1.29 is 0 Å². The van der Waals surface area contributed by atoms with E-state index in [-0.39, 0.29) is 0 Å². The smallest absolute Gasteiger partial charge is 0.0546 e. The van der Waals surface area contributed by atoms with Gasteiger partial charge in [-0.15, -0.1) is 0 Å². The maximum Gasteiger partial charge on any atom is 0.0546 e. The van der Waals surface area contributed by atoms with Crippen molar-refractivity contribution in [1.82, 2.24) is 4.98 Å². The van der Waals surface area contributed by atoms with E-state index in [1.54, 1.807) is 0 Å². The summed E-state index contributed by atoms with van der Waals surface area (Å²) in [5.41, 5.74) is 2.33. The number of hydrogen-bond donors (Lipinski definition) is 0. The summed E-state index contributed by atoms with van der Waals surface area (Å²) < 4.78 is 1.12. The van der Waals surface area contributed by atoms with Gasteiger partial charge in [0, 0.05) is 10.2 Å². The van der Waals surface area contributed by atoms with Gasteiger partial charge in [0.1, 0.15) is 0 Å². The molecule has 0 radical (unpaired) electrons. The van der Waals surface area contributed by atoms with Gasteiger partial charge in [-0.25, -0.2) is 0 Å². The Kier molecular flexibility index (Phi) is 3.06. The number of rotatable bonds is 2. The van der Waals surface area contributed by atoms with Crippen molar-refractivity contribution in [2.24, 2.45) is 0 Å². The van der Waals surface area contributed by atoms with Gasteiger partial charge in [0.15, 0.2) is 0 Å². The van der Waals surface area contributed by atoms with Crippen LogP contribution in [0.3, 0.4) is 0 Å². The predicted octanol–water partition coefficient (Wildman–Crippen LogP) is 2.97. The molecule has 60 valence electrons. The highest BCUT2D eigenvalue weighted by atomic mass is 79.9. The van der Waals surface area contributed by atoms with Gasteiger partial charge < -0.3 is 0 Å². The molecule has 0 unspecified atom stereocenters. The van der Waals surface area contributed by atoms with E-state index in [2.05, 4.69) is 46.9 Å². The fourth-order valence-corrected chi connectivity index (χ4v) is 1.48. The van der Waals surface area contributed by atoms with Crippen LogP contribution in [0.5, 0.6) is 0 Å². The Bertz CT molecular complexity index is 245. The largest absolute Gasteiger partial charge is 0.257 e. The summed E-state index contributed by atoms with van der Waals surface area (Å²) in [4.78, 5) is 4.46. The highest BCUT2D eigenvalue weighted by Gasteiger charge is 1.98. The summed E-state index contributed by atoms with van der Waals surface area (Å²) in [7, 11) is 0. The molecule has 0 saturated carbocycles. The molecule has 1 aromatic heterocycles. The van der Waals surface area contributed by atoms with E-state index in [9.17, 15) is 0 Å². The first-order valence-corrected chi connectivity index (χ1v) is 4.71. The Morgan fingerprint density at radius 2 is 2.00 bits per heavy atom. The molecular weight excluding hydrogens is 202 g/mol. The molecule has 0 aliphatic heterocycles. The molecule has 0 aromatic carbocycles. The first-order chi connectivity index (χ1) is 5.27. The van der Waals surface area contributed by atoms with E-state index in [0.29, 0.717) is 0 Å². The van der Waals surface area contributed by atoms with E-state index in [1.807, 2.05) is 0 Å². The second kappa shape index (κ2) is 3.86. The third-order valence-electron chi connectivity index (χ3n) is 1.67. The molecule has 0 aliphatic carbocycles. The van der Waals surface area contributed by atoms with Crippen molar-refractivity contribution in [2.75, 3.05) is 0 Å². The molecule has 0 aliphatic rings. The molecule has 0 N–H and O–H groups in total. The number of hydrogen-bond acceptors (Lipinski definition) is 1. The van der Waals surface area contributed by atoms with E-state index < -0.39 is 0 Å². The third-order valence-corrected chi connectivity index (χ3v) is 2.40. The summed E-state index contributed by atoms with van der Waals surface area (Å²) in [5.74, 6) is 0. The summed E-state index contributed by atoms with van der Waals surface area (Å²) in [6.07, 6.45) is 2.01. The van der Waals surface area contributed by atoms with E-state index in [1.165, 1.54) is 5.69 Å². The van der Waals surface area contributed by atoms with Gasteiger partial charge in [-0.2, -0.15) is 0 Å². The second-order valence-electron chi connectivity index (χ2n) is 2.44. The van der Waals surface area contributed by atoms with Gasteiger partial charge in [-0.1, -0.05) is 13.8 Å². The average Bonchev–Trinajstić information content (AvgIpc) is 2.05. The SMILES string of the molecule is CCc1ccc(Br)c(CC)n1. The van der Waals surface area contributed by atoms with Crippen LogP contribution in [0.1, 0.15) is 25.2 Å². The lowest BCUT2D eigenvalue weighted by atomic mass is 10.2. The molecule has 0 bridgehead atoms. The number of pyridine rings is 1. The van der Waals surface area contributed by atoms with Gasteiger partial charge in [-0.05, 0) is 40.9 Å². The lowest BCUT2D eigenvalue weighted by Gasteiger charge is -2.01. The van der Waals surface area contributed by atoms with Crippen LogP contribution in [-0.2, 0) is 12.8 Å². The van der Waals surface area contributed by atoms with Crippen LogP contribution in [0, 0.1) is 0 Å². The Hall–Kier alpha value is -0.370. The van der Waals surface area contributed by atoms with Crippen LogP contribution in [0.2, 0.25) is 0 Å². The molecule has 2 heteroatoms. The molecule has 0 amide bonds. The Morgan fingerprint density at radius 1 is 1.27 bits per heavy atom. The first-order valence-electron chi connectivity index (χ1n) is 3.92. The zero-order valence-corrected chi connectivity index (χ0v) is 8.48. The van der Waals surface area contributed by atoms with Crippen molar-refractivity contribution in [3.05, 3.63) is 28.0 Å². The minimum absolute atomic E-state index is 0.994. The Labute approximate surface area is 76.0 Å². The number of nitrogens with zero attached hydrogens (tertiary/aromatic N) is 1. The first kappa shape index (κ1) is 8.72. The summed E-state index contributed by atoms with van der Waals surface area (Å²) in [6, 6.07) is 4.13. The Morgan fingerprint density at radius 3 is 2.55 bits per heavy atom. The maximum absolute atomic E-state index is 4.46. The summed E-state index contributed by atoms with van der Waals surface area (Å²) >= 11 is 3.46. The molecule has 11 heavy (non-hydrogen) atoms. The van der Waals surface area contributed by atoms with Crippen molar-refractivity contribution in [1.29, 1.82) is 0 Å². The van der Waals surface area contributed by atoms with Gasteiger partial charge in [-0.3, -0.25) is 4.98 Å². The number of aromatic nitrogens is 1. The van der Waals surface area contributed by atoms with Crippen LogP contribution >= 0.6 is 15.9 Å². The van der Waals surface area contributed by atoms with Gasteiger partial charge in [0.2, 0.25) is 0 Å². The van der Waals surface area contributed by atoms with Gasteiger partial charge >= 0.3 is 0 Å². The second-order valence-corrected chi connectivity index (χ2v) is 3.29. The summed E-state index contributed by atoms with van der Waals surface area (Å²) in [5, 5.41) is 0. The number of aryl methyl sites for hydroxylation is 2. The molecule has 1 rings (SSSR count). The lowest BCUT2D eigenvalue weighted by Crippen LogP contribution is -1.93. The van der Waals surface area contributed by atoms with Crippen molar-refractivity contribution >= 4 is 15.9 Å². The molecule has 1 heterocycles. The van der Waals surface area contributed by atoms with E-state index in [0.717, 1.165) is 23.0 Å². The standard InChI is InChI=1S/C9H12BrN/c1-3-7-5-6-8(10)9(4-2)11-7/h5-6H,3-4H2,1-2H3. The zero-order chi connectivity index (χ0) is 8.27.